The van der Waals surface area contributed by atoms with E-state index >= 15 is 0 Å². The summed E-state index contributed by atoms with van der Waals surface area (Å²) in [5.74, 6) is 0.591. The number of hydrogen-bond donors (Lipinski definition) is 0. The molecule has 0 radical (unpaired) electrons. The molecule has 0 aliphatic carbocycles. The van der Waals surface area contributed by atoms with E-state index in [9.17, 15) is 8.42 Å². The topological polar surface area (TPSA) is 49.7 Å². The summed E-state index contributed by atoms with van der Waals surface area (Å²) < 4.78 is 23.0. The normalized spacial score (nSPS) is 16.2. The number of hydrogen-bond acceptors (Lipinski definition) is 4. The molecular formula is C3H4N2O2S2. The van der Waals surface area contributed by atoms with Crippen LogP contribution in [0.15, 0.2) is 16.1 Å². The molecule has 6 heteroatoms. The van der Waals surface area contributed by atoms with E-state index in [-0.39, 0.29) is 0 Å². The van der Waals surface area contributed by atoms with Gasteiger partial charge in [0.25, 0.3) is 0 Å². The molecule has 0 aromatic rings. The quantitative estimate of drug-likeness (QED) is 0.564. The number of thioether (sulfide) groups is 1. The van der Waals surface area contributed by atoms with E-state index in [0.29, 0.717) is 5.88 Å². The summed E-state index contributed by atoms with van der Waals surface area (Å²) in [6, 6.07) is 0. The van der Waals surface area contributed by atoms with Crippen LogP contribution < -0.4 is 0 Å². The molecule has 0 atom stereocenters. The number of nitrogens with zero attached hydrogens (tertiary/aromatic N) is 2. The molecule has 0 spiro atoms. The summed E-state index contributed by atoms with van der Waals surface area (Å²) in [6.07, 6.45) is 1.61. The minimum Gasteiger partial charge on any atom is -0.247 e. The third-order valence-corrected chi connectivity index (χ3v) is 1.78. The van der Waals surface area contributed by atoms with E-state index in [1.165, 1.54) is 16.8 Å². The number of rotatable bonds is 1. The third-order valence-electron chi connectivity index (χ3n) is 0.708. The molecule has 0 unspecified atom stereocenters. The van der Waals surface area contributed by atoms with E-state index in [1.54, 1.807) is 11.6 Å². The van der Waals surface area contributed by atoms with Gasteiger partial charge in [-0.05, 0) is 5.41 Å². The van der Waals surface area contributed by atoms with Crippen molar-refractivity contribution in [3.05, 3.63) is 11.6 Å². The van der Waals surface area contributed by atoms with Crippen LogP contribution in [-0.4, -0.2) is 19.3 Å². The first-order valence-corrected chi connectivity index (χ1v) is 4.23. The van der Waals surface area contributed by atoms with Crippen molar-refractivity contribution < 1.29 is 8.42 Å². The molecule has 0 saturated heterocycles. The van der Waals surface area contributed by atoms with Crippen LogP contribution in [0.1, 0.15) is 0 Å². The van der Waals surface area contributed by atoms with E-state index in [1.807, 2.05) is 0 Å². The van der Waals surface area contributed by atoms with Gasteiger partial charge in [-0.1, -0.05) is 4.47 Å². The van der Waals surface area contributed by atoms with E-state index in [0.717, 1.165) is 0 Å². The lowest BCUT2D eigenvalue weighted by atomic mass is 11.0. The Balaban J connectivity index is 2.66. The molecule has 1 aliphatic rings. The lowest BCUT2D eigenvalue weighted by Gasteiger charge is -1.99. The highest BCUT2D eigenvalue weighted by Crippen LogP contribution is 2.14. The van der Waals surface area contributed by atoms with Gasteiger partial charge < -0.3 is 0 Å². The largest absolute Gasteiger partial charge is 0.333 e. The van der Waals surface area contributed by atoms with Crippen molar-refractivity contribution in [3.8, 4) is 0 Å². The van der Waals surface area contributed by atoms with E-state index in [4.69, 9.17) is 0 Å². The average molecular weight is 164 g/mol. The molecule has 0 N–H and O–H groups in total. The molecular weight excluding hydrogens is 160 g/mol. The summed E-state index contributed by atoms with van der Waals surface area (Å²) in [4.78, 5) is 0. The highest BCUT2D eigenvalue weighted by Gasteiger charge is 2.00. The first-order chi connectivity index (χ1) is 4.29. The Bertz CT molecular complexity index is 235. The highest BCUT2D eigenvalue weighted by molar-refractivity contribution is 8.02. The third kappa shape index (κ3) is 2.06. The lowest BCUT2D eigenvalue weighted by Crippen LogP contribution is -2.02. The van der Waals surface area contributed by atoms with Gasteiger partial charge in [-0.15, -0.1) is 11.8 Å². The Morgan fingerprint density at radius 2 is 2.44 bits per heavy atom. The minimum atomic E-state index is -2.32. The van der Waals surface area contributed by atoms with Gasteiger partial charge in [-0.2, -0.15) is 8.42 Å². The summed E-state index contributed by atoms with van der Waals surface area (Å²) >= 11 is 1.50. The Labute approximate surface area is 58.2 Å². The lowest BCUT2D eigenvalue weighted by molar-refractivity contribution is 0.479. The van der Waals surface area contributed by atoms with Crippen molar-refractivity contribution in [2.24, 2.45) is 4.47 Å². The van der Waals surface area contributed by atoms with Crippen LogP contribution in [0.3, 0.4) is 0 Å². The monoisotopic (exact) mass is 164 g/mol. The second-order valence-electron chi connectivity index (χ2n) is 1.32. The van der Waals surface area contributed by atoms with Crippen molar-refractivity contribution in [1.82, 2.24) is 5.01 Å². The second-order valence-corrected chi connectivity index (χ2v) is 2.78. The molecule has 0 fully saturated rings. The SMILES string of the molecule is O=S(=O)=NN1C=CSC1. The fourth-order valence-electron chi connectivity index (χ4n) is 0.412. The zero-order valence-corrected chi connectivity index (χ0v) is 6.02. The molecule has 1 rings (SSSR count). The van der Waals surface area contributed by atoms with Crippen LogP contribution in [-0.2, 0) is 10.5 Å². The summed E-state index contributed by atoms with van der Waals surface area (Å²) in [5, 5.41) is 3.14. The summed E-state index contributed by atoms with van der Waals surface area (Å²) in [6.45, 7) is 0. The van der Waals surface area contributed by atoms with Gasteiger partial charge in [0.05, 0.1) is 5.88 Å². The predicted octanol–water partition coefficient (Wildman–Crippen LogP) is 0.442. The van der Waals surface area contributed by atoms with Gasteiger partial charge in [0.15, 0.2) is 0 Å². The maximum atomic E-state index is 9.90. The summed E-state index contributed by atoms with van der Waals surface area (Å²) in [5.41, 5.74) is 0. The van der Waals surface area contributed by atoms with Crippen LogP contribution >= 0.6 is 11.8 Å². The Hall–Kier alpha value is -0.490. The van der Waals surface area contributed by atoms with Gasteiger partial charge in [0, 0.05) is 6.20 Å². The highest BCUT2D eigenvalue weighted by atomic mass is 32.2. The van der Waals surface area contributed by atoms with Gasteiger partial charge in [-0.3, -0.25) is 0 Å². The van der Waals surface area contributed by atoms with Gasteiger partial charge in [-0.25, -0.2) is 5.01 Å². The van der Waals surface area contributed by atoms with Crippen molar-refractivity contribution in [2.75, 3.05) is 5.88 Å². The Morgan fingerprint density at radius 1 is 1.67 bits per heavy atom. The average Bonchev–Trinajstić information content (AvgIpc) is 2.15. The minimum absolute atomic E-state index is 0.591. The van der Waals surface area contributed by atoms with Gasteiger partial charge >= 0.3 is 10.5 Å². The maximum Gasteiger partial charge on any atom is 0.333 e. The molecule has 0 amide bonds. The predicted molar refractivity (Wildman–Crippen MR) is 34.8 cm³/mol. The van der Waals surface area contributed by atoms with E-state index in [2.05, 4.69) is 4.47 Å². The molecule has 1 heterocycles. The molecule has 50 valence electrons. The smallest absolute Gasteiger partial charge is 0.247 e. The molecule has 0 saturated carbocycles. The standard InChI is InChI=1S/C3H4N2O2S2/c6-9(7)4-5-1-2-8-3-5/h1-2H,3H2. The van der Waals surface area contributed by atoms with Gasteiger partial charge in [0.2, 0.25) is 0 Å². The van der Waals surface area contributed by atoms with E-state index < -0.39 is 10.5 Å². The van der Waals surface area contributed by atoms with Crippen molar-refractivity contribution in [3.63, 3.8) is 0 Å². The first kappa shape index (κ1) is 6.63. The second kappa shape index (κ2) is 2.88. The maximum absolute atomic E-state index is 9.90. The first-order valence-electron chi connectivity index (χ1n) is 2.15. The summed E-state index contributed by atoms with van der Waals surface area (Å²) in [7, 11) is -2.32. The van der Waals surface area contributed by atoms with Crippen LogP contribution in [0.4, 0.5) is 0 Å². The van der Waals surface area contributed by atoms with Crippen LogP contribution in [0.2, 0.25) is 0 Å². The Kier molecular flexibility index (Phi) is 2.12. The van der Waals surface area contributed by atoms with Crippen LogP contribution in [0.5, 0.6) is 0 Å². The molecule has 0 bridgehead atoms. The van der Waals surface area contributed by atoms with Crippen molar-refractivity contribution >= 4 is 22.3 Å². The molecule has 0 aromatic heterocycles. The molecule has 0 aromatic carbocycles. The fraction of sp³-hybridized carbons (Fsp3) is 0.333. The molecule has 9 heavy (non-hydrogen) atoms. The fourth-order valence-corrected chi connectivity index (χ4v) is 1.38. The van der Waals surface area contributed by atoms with Crippen molar-refractivity contribution in [1.29, 1.82) is 0 Å². The molecule has 1 aliphatic heterocycles. The van der Waals surface area contributed by atoms with Gasteiger partial charge in [0.1, 0.15) is 0 Å². The van der Waals surface area contributed by atoms with Crippen LogP contribution in [0, 0.1) is 0 Å². The molecule has 4 nitrogen and oxygen atoms in total. The van der Waals surface area contributed by atoms with Crippen LogP contribution in [0.25, 0.3) is 0 Å². The zero-order valence-electron chi connectivity index (χ0n) is 4.39. The zero-order chi connectivity index (χ0) is 6.69. The Morgan fingerprint density at radius 3 is 2.89 bits per heavy atom. The van der Waals surface area contributed by atoms with Crippen molar-refractivity contribution in [2.45, 2.75) is 0 Å².